The number of halogens is 1. The van der Waals surface area contributed by atoms with Crippen molar-refractivity contribution in [2.75, 3.05) is 38.3 Å². The fourth-order valence-corrected chi connectivity index (χ4v) is 3.41. The lowest BCUT2D eigenvalue weighted by Crippen LogP contribution is -2.42. The van der Waals surface area contributed by atoms with E-state index in [4.69, 9.17) is 9.47 Å². The number of nitrogens with zero attached hydrogens (tertiary/aromatic N) is 3. The SMILES string of the molecule is COCc1cc(=O)n(CC(=O)NCc2cccc(Br)c2)c(N2CCOCC2)n1. The summed E-state index contributed by atoms with van der Waals surface area (Å²) in [5.41, 5.74) is 1.23. The zero-order valence-electron chi connectivity index (χ0n) is 15.7. The van der Waals surface area contributed by atoms with Crippen LogP contribution in [0.25, 0.3) is 0 Å². The second-order valence-electron chi connectivity index (χ2n) is 6.41. The van der Waals surface area contributed by atoms with Crippen LogP contribution < -0.4 is 15.8 Å². The normalized spacial score (nSPS) is 14.1. The second-order valence-corrected chi connectivity index (χ2v) is 7.33. The molecule has 0 atom stereocenters. The molecule has 1 aromatic heterocycles. The Morgan fingerprint density at radius 2 is 2.11 bits per heavy atom. The maximum Gasteiger partial charge on any atom is 0.255 e. The average Bonchev–Trinajstić information content (AvgIpc) is 2.69. The number of amides is 1. The third-order valence-corrected chi connectivity index (χ3v) is 4.80. The van der Waals surface area contributed by atoms with Crippen LogP contribution >= 0.6 is 15.9 Å². The number of morpholine rings is 1. The number of carbonyl (C=O) groups excluding carboxylic acids is 1. The van der Waals surface area contributed by atoms with Crippen LogP contribution in [0.3, 0.4) is 0 Å². The molecule has 1 aromatic carbocycles. The Morgan fingerprint density at radius 1 is 1.32 bits per heavy atom. The summed E-state index contributed by atoms with van der Waals surface area (Å²) in [6.07, 6.45) is 0. The first-order chi connectivity index (χ1) is 13.6. The van der Waals surface area contributed by atoms with E-state index in [-0.39, 0.29) is 24.6 Å². The molecule has 0 radical (unpaired) electrons. The smallest absolute Gasteiger partial charge is 0.255 e. The van der Waals surface area contributed by atoms with Gasteiger partial charge >= 0.3 is 0 Å². The van der Waals surface area contributed by atoms with E-state index in [2.05, 4.69) is 26.2 Å². The molecule has 1 saturated heterocycles. The second kappa shape index (κ2) is 9.81. The molecule has 3 rings (SSSR count). The number of nitrogens with one attached hydrogen (secondary N) is 1. The molecule has 1 N–H and O–H groups in total. The van der Waals surface area contributed by atoms with Gasteiger partial charge in [-0.05, 0) is 17.7 Å². The molecule has 9 heteroatoms. The van der Waals surface area contributed by atoms with Gasteiger partial charge in [0.2, 0.25) is 11.9 Å². The fraction of sp³-hybridized carbons (Fsp3) is 0.421. The number of hydrogen-bond acceptors (Lipinski definition) is 6. The van der Waals surface area contributed by atoms with Crippen LogP contribution in [0.4, 0.5) is 5.95 Å². The molecule has 0 unspecified atom stereocenters. The van der Waals surface area contributed by atoms with Crippen molar-refractivity contribution in [3.05, 3.63) is 56.4 Å². The van der Waals surface area contributed by atoms with Crippen molar-refractivity contribution < 1.29 is 14.3 Å². The Kier molecular flexibility index (Phi) is 7.18. The summed E-state index contributed by atoms with van der Waals surface area (Å²) in [5.74, 6) is 0.221. The summed E-state index contributed by atoms with van der Waals surface area (Å²) in [5, 5.41) is 2.86. The molecule has 1 amide bonds. The van der Waals surface area contributed by atoms with Crippen LogP contribution in [0.2, 0.25) is 0 Å². The van der Waals surface area contributed by atoms with Crippen molar-refractivity contribution in [1.29, 1.82) is 0 Å². The van der Waals surface area contributed by atoms with Gasteiger partial charge in [0.15, 0.2) is 0 Å². The molecule has 150 valence electrons. The van der Waals surface area contributed by atoms with E-state index >= 15 is 0 Å². The van der Waals surface area contributed by atoms with Gasteiger partial charge in [-0.1, -0.05) is 28.1 Å². The summed E-state index contributed by atoms with van der Waals surface area (Å²) in [4.78, 5) is 31.7. The largest absolute Gasteiger partial charge is 0.378 e. The van der Waals surface area contributed by atoms with Crippen molar-refractivity contribution in [3.63, 3.8) is 0 Å². The van der Waals surface area contributed by atoms with E-state index in [9.17, 15) is 9.59 Å². The van der Waals surface area contributed by atoms with Crippen LogP contribution in [0.1, 0.15) is 11.3 Å². The van der Waals surface area contributed by atoms with Crippen molar-refractivity contribution in [2.24, 2.45) is 0 Å². The maximum absolute atomic E-state index is 12.7. The highest BCUT2D eigenvalue weighted by Crippen LogP contribution is 2.13. The van der Waals surface area contributed by atoms with E-state index in [1.54, 1.807) is 7.11 Å². The first-order valence-corrected chi connectivity index (χ1v) is 9.79. The topological polar surface area (TPSA) is 85.7 Å². The maximum atomic E-state index is 12.7. The van der Waals surface area contributed by atoms with Crippen LogP contribution in [0.15, 0.2) is 39.6 Å². The molecule has 1 aliphatic rings. The van der Waals surface area contributed by atoms with Crippen LogP contribution in [0.5, 0.6) is 0 Å². The highest BCUT2D eigenvalue weighted by molar-refractivity contribution is 9.10. The number of hydrogen-bond donors (Lipinski definition) is 1. The first kappa shape index (κ1) is 20.5. The van der Waals surface area contributed by atoms with Gasteiger partial charge in [-0.25, -0.2) is 4.98 Å². The summed E-state index contributed by atoms with van der Waals surface area (Å²) in [6, 6.07) is 9.11. The van der Waals surface area contributed by atoms with E-state index in [1.807, 2.05) is 29.2 Å². The van der Waals surface area contributed by atoms with Gasteiger partial charge in [0, 0.05) is 37.3 Å². The zero-order valence-corrected chi connectivity index (χ0v) is 17.3. The van der Waals surface area contributed by atoms with E-state index < -0.39 is 0 Å². The summed E-state index contributed by atoms with van der Waals surface area (Å²) in [6.45, 7) is 2.86. The van der Waals surface area contributed by atoms with Gasteiger partial charge in [-0.15, -0.1) is 0 Å². The highest BCUT2D eigenvalue weighted by Gasteiger charge is 2.20. The number of aromatic nitrogens is 2. The number of carbonyl (C=O) groups is 1. The molecule has 0 aliphatic carbocycles. The third kappa shape index (κ3) is 5.40. The van der Waals surface area contributed by atoms with Crippen molar-refractivity contribution >= 4 is 27.8 Å². The van der Waals surface area contributed by atoms with Gasteiger partial charge in [0.1, 0.15) is 6.54 Å². The Labute approximate surface area is 171 Å². The average molecular weight is 451 g/mol. The third-order valence-electron chi connectivity index (χ3n) is 4.31. The fourth-order valence-electron chi connectivity index (χ4n) is 2.96. The molecule has 0 spiro atoms. The highest BCUT2D eigenvalue weighted by atomic mass is 79.9. The van der Waals surface area contributed by atoms with Crippen LogP contribution in [-0.2, 0) is 34.0 Å². The quantitative estimate of drug-likeness (QED) is 0.684. The molecule has 8 nitrogen and oxygen atoms in total. The molecule has 2 heterocycles. The predicted molar refractivity (Wildman–Crippen MR) is 108 cm³/mol. The lowest BCUT2D eigenvalue weighted by Gasteiger charge is -2.29. The number of ether oxygens (including phenoxy) is 2. The molecule has 1 aliphatic heterocycles. The summed E-state index contributed by atoms with van der Waals surface area (Å²) < 4.78 is 12.8. The van der Waals surface area contributed by atoms with Gasteiger partial charge < -0.3 is 19.7 Å². The standard InChI is InChI=1S/C19H23BrN4O4/c1-27-13-16-10-18(26)24(19(22-16)23-5-7-28-8-6-23)12-17(25)21-11-14-3-2-4-15(20)9-14/h2-4,9-10H,5-8,11-13H2,1H3,(H,21,25). The van der Waals surface area contributed by atoms with Crippen molar-refractivity contribution in [3.8, 4) is 0 Å². The molecule has 28 heavy (non-hydrogen) atoms. The number of methoxy groups -OCH3 is 1. The molecule has 0 bridgehead atoms. The molecule has 0 saturated carbocycles. The van der Waals surface area contributed by atoms with Gasteiger partial charge in [-0.3, -0.25) is 14.2 Å². The molecular weight excluding hydrogens is 428 g/mol. The molecular formula is C19H23BrN4O4. The summed E-state index contributed by atoms with van der Waals surface area (Å²) in [7, 11) is 1.55. The number of rotatable bonds is 7. The minimum Gasteiger partial charge on any atom is -0.378 e. The van der Waals surface area contributed by atoms with Crippen LogP contribution in [0, 0.1) is 0 Å². The van der Waals surface area contributed by atoms with Crippen LogP contribution in [-0.4, -0.2) is 48.9 Å². The Morgan fingerprint density at radius 3 is 2.82 bits per heavy atom. The van der Waals surface area contributed by atoms with Crippen molar-refractivity contribution in [1.82, 2.24) is 14.9 Å². The van der Waals surface area contributed by atoms with Gasteiger partial charge in [-0.2, -0.15) is 0 Å². The zero-order chi connectivity index (χ0) is 19.9. The number of benzene rings is 1. The van der Waals surface area contributed by atoms with Gasteiger partial charge in [0.25, 0.3) is 5.56 Å². The molecule has 2 aromatic rings. The monoisotopic (exact) mass is 450 g/mol. The lowest BCUT2D eigenvalue weighted by atomic mass is 10.2. The number of anilines is 1. The van der Waals surface area contributed by atoms with Gasteiger partial charge in [0.05, 0.1) is 25.5 Å². The lowest BCUT2D eigenvalue weighted by molar-refractivity contribution is -0.121. The molecule has 1 fully saturated rings. The van der Waals surface area contributed by atoms with Crippen molar-refractivity contribution in [2.45, 2.75) is 19.7 Å². The summed E-state index contributed by atoms with van der Waals surface area (Å²) >= 11 is 3.41. The van der Waals surface area contributed by atoms with E-state index in [0.717, 1.165) is 10.0 Å². The van der Waals surface area contributed by atoms with E-state index in [0.29, 0.717) is 44.5 Å². The first-order valence-electron chi connectivity index (χ1n) is 9.00. The Hall–Kier alpha value is -2.23. The Balaban J connectivity index is 1.77. The minimum absolute atomic E-state index is 0.0974. The van der Waals surface area contributed by atoms with E-state index in [1.165, 1.54) is 10.6 Å². The minimum atomic E-state index is -0.277. The predicted octanol–water partition coefficient (Wildman–Crippen LogP) is 1.31. The Bertz CT molecular complexity index is 880.